The third-order valence-electron chi connectivity index (χ3n) is 3.56. The lowest BCUT2D eigenvalue weighted by Crippen LogP contribution is -2.46. The minimum Gasteiger partial charge on any atom is -0.443 e. The highest BCUT2D eigenvalue weighted by atomic mass is 16.6. The van der Waals surface area contributed by atoms with Crippen LogP contribution in [0, 0.1) is 0 Å². The van der Waals surface area contributed by atoms with E-state index in [1.54, 1.807) is 39.1 Å². The van der Waals surface area contributed by atoms with Gasteiger partial charge in [0.25, 0.3) is 5.91 Å². The number of amides is 2. The van der Waals surface area contributed by atoms with Crippen LogP contribution in [0.25, 0.3) is 17.0 Å². The van der Waals surface area contributed by atoms with Crippen LogP contribution in [-0.4, -0.2) is 34.6 Å². The van der Waals surface area contributed by atoms with E-state index in [-0.39, 0.29) is 24.1 Å². The number of carbonyl (C=O) groups is 3. The summed E-state index contributed by atoms with van der Waals surface area (Å²) < 4.78 is 6.83. The Morgan fingerprint density at radius 3 is 2.68 bits per heavy atom. The van der Waals surface area contributed by atoms with Crippen molar-refractivity contribution in [1.82, 2.24) is 15.2 Å². The van der Waals surface area contributed by atoms with Crippen LogP contribution >= 0.6 is 0 Å². The highest BCUT2D eigenvalue weighted by Crippen LogP contribution is 2.24. The van der Waals surface area contributed by atoms with Crippen LogP contribution in [0.4, 0.5) is 4.79 Å². The van der Waals surface area contributed by atoms with Gasteiger partial charge in [0.1, 0.15) is 11.3 Å². The van der Waals surface area contributed by atoms with Crippen molar-refractivity contribution >= 4 is 34.9 Å². The summed E-state index contributed by atoms with van der Waals surface area (Å²) in [6.07, 6.45) is 2.64. The predicted molar refractivity (Wildman–Crippen MR) is 92.7 cm³/mol. The highest BCUT2D eigenvalue weighted by molar-refractivity contribution is 6.07. The van der Waals surface area contributed by atoms with Gasteiger partial charge in [-0.25, -0.2) is 4.79 Å². The van der Waals surface area contributed by atoms with Crippen molar-refractivity contribution in [3.05, 3.63) is 41.7 Å². The molecule has 7 nitrogen and oxygen atoms in total. The largest absolute Gasteiger partial charge is 0.443 e. The Morgan fingerprint density at radius 2 is 1.96 bits per heavy atom. The molecule has 3 rings (SSSR count). The zero-order chi connectivity index (χ0) is 18.2. The SMILES string of the molecule is CC(C)(C)OC(=O)n1cc(/C=C2\NC(=O)CNC2=O)c2ccccc21. The first-order chi connectivity index (χ1) is 11.7. The maximum absolute atomic E-state index is 12.5. The molecule has 25 heavy (non-hydrogen) atoms. The molecule has 1 aliphatic rings. The average Bonchev–Trinajstić information content (AvgIpc) is 2.88. The zero-order valence-electron chi connectivity index (χ0n) is 14.3. The number of carbonyl (C=O) groups excluding carboxylic acids is 3. The van der Waals surface area contributed by atoms with E-state index in [4.69, 9.17) is 4.74 Å². The number of ether oxygens (including phenoxy) is 1. The molecule has 0 spiro atoms. The number of rotatable bonds is 1. The van der Waals surface area contributed by atoms with Crippen LogP contribution in [0.2, 0.25) is 0 Å². The molecule has 0 bridgehead atoms. The second kappa shape index (κ2) is 6.08. The van der Waals surface area contributed by atoms with Crippen molar-refractivity contribution < 1.29 is 19.1 Å². The molecule has 1 saturated heterocycles. The number of benzene rings is 1. The average molecular weight is 341 g/mol. The Balaban J connectivity index is 2.06. The smallest absolute Gasteiger partial charge is 0.419 e. The molecule has 1 fully saturated rings. The quantitative estimate of drug-likeness (QED) is 0.777. The van der Waals surface area contributed by atoms with E-state index in [0.717, 1.165) is 5.39 Å². The van der Waals surface area contributed by atoms with Crippen LogP contribution in [0.15, 0.2) is 36.2 Å². The third kappa shape index (κ3) is 3.55. The van der Waals surface area contributed by atoms with Gasteiger partial charge in [-0.3, -0.25) is 14.2 Å². The standard InChI is InChI=1S/C18H19N3O4/c1-18(2,3)25-17(24)21-10-11(12-6-4-5-7-14(12)21)8-13-16(23)19-9-15(22)20-13/h4-8,10H,9H2,1-3H3,(H,19,23)(H,20,22)/b13-8-. The molecule has 0 atom stereocenters. The van der Waals surface area contributed by atoms with E-state index in [2.05, 4.69) is 10.6 Å². The zero-order valence-corrected chi connectivity index (χ0v) is 14.3. The summed E-state index contributed by atoms with van der Waals surface area (Å²) in [4.78, 5) is 35.9. The number of nitrogens with one attached hydrogen (secondary N) is 2. The van der Waals surface area contributed by atoms with Crippen molar-refractivity contribution in [2.75, 3.05) is 6.54 Å². The van der Waals surface area contributed by atoms with Gasteiger partial charge in [0.15, 0.2) is 0 Å². The second-order valence-electron chi connectivity index (χ2n) is 6.74. The summed E-state index contributed by atoms with van der Waals surface area (Å²) in [5, 5.41) is 5.81. The molecule has 2 aromatic rings. The van der Waals surface area contributed by atoms with E-state index in [1.807, 2.05) is 18.2 Å². The summed E-state index contributed by atoms with van der Waals surface area (Å²) in [6, 6.07) is 7.28. The first-order valence-electron chi connectivity index (χ1n) is 7.88. The molecule has 0 unspecified atom stereocenters. The lowest BCUT2D eigenvalue weighted by atomic mass is 10.1. The third-order valence-corrected chi connectivity index (χ3v) is 3.56. The molecule has 1 aromatic heterocycles. The fourth-order valence-corrected chi connectivity index (χ4v) is 2.55. The molecular weight excluding hydrogens is 322 g/mol. The molecule has 2 N–H and O–H groups in total. The minimum atomic E-state index is -0.627. The summed E-state index contributed by atoms with van der Waals surface area (Å²) in [6.45, 7) is 5.33. The van der Waals surface area contributed by atoms with Crippen LogP contribution in [0.5, 0.6) is 0 Å². The van der Waals surface area contributed by atoms with Crippen LogP contribution < -0.4 is 10.6 Å². The van der Waals surface area contributed by atoms with Crippen LogP contribution in [0.1, 0.15) is 26.3 Å². The molecular formula is C18H19N3O4. The van der Waals surface area contributed by atoms with E-state index < -0.39 is 11.7 Å². The lowest BCUT2D eigenvalue weighted by Gasteiger charge is -2.19. The number of para-hydroxylation sites is 1. The molecule has 0 saturated carbocycles. The van der Waals surface area contributed by atoms with Crippen molar-refractivity contribution in [3.8, 4) is 0 Å². The topological polar surface area (TPSA) is 89.4 Å². The van der Waals surface area contributed by atoms with Gasteiger partial charge in [0.05, 0.1) is 12.1 Å². The number of hydrogen-bond donors (Lipinski definition) is 2. The highest BCUT2D eigenvalue weighted by Gasteiger charge is 2.22. The second-order valence-corrected chi connectivity index (χ2v) is 6.74. The molecule has 0 aliphatic carbocycles. The number of aromatic nitrogens is 1. The monoisotopic (exact) mass is 341 g/mol. The number of fused-ring (bicyclic) bond motifs is 1. The Bertz CT molecular complexity index is 903. The van der Waals surface area contributed by atoms with Gasteiger partial charge < -0.3 is 15.4 Å². The fraction of sp³-hybridized carbons (Fsp3) is 0.278. The Kier molecular flexibility index (Phi) is 4.08. The number of piperazine rings is 1. The number of hydrogen-bond acceptors (Lipinski definition) is 4. The van der Waals surface area contributed by atoms with Gasteiger partial charge in [-0.05, 0) is 32.9 Å². The summed E-state index contributed by atoms with van der Waals surface area (Å²) in [7, 11) is 0. The van der Waals surface area contributed by atoms with Crippen molar-refractivity contribution in [1.29, 1.82) is 0 Å². The number of nitrogens with zero attached hydrogens (tertiary/aromatic N) is 1. The molecule has 2 heterocycles. The normalized spacial score (nSPS) is 16.7. The molecule has 1 aromatic carbocycles. The molecule has 2 amide bonds. The summed E-state index contributed by atoms with van der Waals surface area (Å²) in [5.74, 6) is -0.657. The minimum absolute atomic E-state index is 0.0458. The summed E-state index contributed by atoms with van der Waals surface area (Å²) >= 11 is 0. The van der Waals surface area contributed by atoms with E-state index in [0.29, 0.717) is 11.1 Å². The molecule has 1 aliphatic heterocycles. The van der Waals surface area contributed by atoms with Gasteiger partial charge in [-0.1, -0.05) is 18.2 Å². The first kappa shape index (κ1) is 16.8. The Labute approximate surface area is 144 Å². The predicted octanol–water partition coefficient (Wildman–Crippen LogP) is 2.01. The summed E-state index contributed by atoms with van der Waals surface area (Å²) in [5.41, 5.74) is 0.807. The maximum Gasteiger partial charge on any atom is 0.419 e. The van der Waals surface area contributed by atoms with Gasteiger partial charge in [-0.15, -0.1) is 0 Å². The molecule has 130 valence electrons. The van der Waals surface area contributed by atoms with Gasteiger partial charge in [0, 0.05) is 17.1 Å². The van der Waals surface area contributed by atoms with E-state index in [1.165, 1.54) is 4.57 Å². The first-order valence-corrected chi connectivity index (χ1v) is 7.88. The fourth-order valence-electron chi connectivity index (χ4n) is 2.55. The van der Waals surface area contributed by atoms with Gasteiger partial charge in [0.2, 0.25) is 5.91 Å². The molecule has 7 heteroatoms. The lowest BCUT2D eigenvalue weighted by molar-refractivity contribution is -0.127. The van der Waals surface area contributed by atoms with Crippen LogP contribution in [0.3, 0.4) is 0 Å². The van der Waals surface area contributed by atoms with E-state index in [9.17, 15) is 14.4 Å². The van der Waals surface area contributed by atoms with Gasteiger partial charge in [-0.2, -0.15) is 0 Å². The van der Waals surface area contributed by atoms with Crippen LogP contribution in [-0.2, 0) is 14.3 Å². The van der Waals surface area contributed by atoms with Crippen molar-refractivity contribution in [2.45, 2.75) is 26.4 Å². The Morgan fingerprint density at radius 1 is 1.24 bits per heavy atom. The molecule has 0 radical (unpaired) electrons. The van der Waals surface area contributed by atoms with Gasteiger partial charge >= 0.3 is 6.09 Å². The van der Waals surface area contributed by atoms with Crippen molar-refractivity contribution in [2.24, 2.45) is 0 Å². The Hall–Kier alpha value is -3.09. The maximum atomic E-state index is 12.5. The van der Waals surface area contributed by atoms with E-state index >= 15 is 0 Å². The van der Waals surface area contributed by atoms with Crippen molar-refractivity contribution in [3.63, 3.8) is 0 Å².